The van der Waals surface area contributed by atoms with Gasteiger partial charge in [-0.15, -0.1) is 11.8 Å². The van der Waals surface area contributed by atoms with E-state index >= 15 is 0 Å². The molecule has 2 aromatic carbocycles. The van der Waals surface area contributed by atoms with E-state index < -0.39 is 0 Å². The van der Waals surface area contributed by atoms with Crippen LogP contribution in [0.1, 0.15) is 11.7 Å². The fourth-order valence-corrected chi connectivity index (χ4v) is 5.07. The molecule has 6 heteroatoms. The number of thioether (sulfide) groups is 1. The summed E-state index contributed by atoms with van der Waals surface area (Å²) in [5, 5.41) is 1.15. The van der Waals surface area contributed by atoms with Crippen LogP contribution in [0.25, 0.3) is 10.2 Å². The van der Waals surface area contributed by atoms with Gasteiger partial charge in [0.05, 0.1) is 16.3 Å². The first-order valence-electron chi connectivity index (χ1n) is 9.26. The molecule has 0 bridgehead atoms. The second-order valence-electron chi connectivity index (χ2n) is 6.75. The van der Waals surface area contributed by atoms with Crippen molar-refractivity contribution in [2.24, 2.45) is 0 Å². The molecule has 1 aromatic heterocycles. The summed E-state index contributed by atoms with van der Waals surface area (Å²) in [5.41, 5.74) is 2.36. The highest BCUT2D eigenvalue weighted by Crippen LogP contribution is 2.32. The highest BCUT2D eigenvalue weighted by Gasteiger charge is 2.22. The lowest BCUT2D eigenvalue weighted by atomic mass is 10.1. The topological polar surface area (TPSA) is 28.6 Å². The summed E-state index contributed by atoms with van der Waals surface area (Å²) in [6.07, 6.45) is 2.25. The van der Waals surface area contributed by atoms with Crippen molar-refractivity contribution in [3.8, 4) is 0 Å². The minimum Gasteiger partial charge on any atom is -0.375 e. The predicted molar refractivity (Wildman–Crippen MR) is 116 cm³/mol. The third kappa shape index (κ3) is 4.29. The molecular weight excluding hydrogens is 374 g/mol. The maximum Gasteiger partial charge on any atom is 0.186 e. The van der Waals surface area contributed by atoms with Crippen LogP contribution in [-0.2, 0) is 4.74 Å². The van der Waals surface area contributed by atoms with Gasteiger partial charge in [-0.1, -0.05) is 41.7 Å². The third-order valence-corrected chi connectivity index (χ3v) is 6.91. The van der Waals surface area contributed by atoms with Gasteiger partial charge in [0.2, 0.25) is 0 Å². The van der Waals surface area contributed by atoms with Crippen molar-refractivity contribution in [3.63, 3.8) is 0 Å². The van der Waals surface area contributed by atoms with Crippen LogP contribution in [0.15, 0.2) is 53.4 Å². The summed E-state index contributed by atoms with van der Waals surface area (Å²) in [6.45, 7) is 5.05. The zero-order valence-electron chi connectivity index (χ0n) is 15.8. The Morgan fingerprint density at radius 3 is 2.59 bits per heavy atom. The quantitative estimate of drug-likeness (QED) is 0.568. The molecule has 27 heavy (non-hydrogen) atoms. The molecule has 142 valence electrons. The highest BCUT2D eigenvalue weighted by molar-refractivity contribution is 7.98. The van der Waals surface area contributed by atoms with E-state index in [9.17, 15) is 0 Å². The molecule has 1 saturated heterocycles. The summed E-state index contributed by atoms with van der Waals surface area (Å²) < 4.78 is 7.03. The van der Waals surface area contributed by atoms with E-state index in [0.29, 0.717) is 0 Å². The zero-order valence-corrected chi connectivity index (χ0v) is 17.4. The number of thiazole rings is 1. The summed E-state index contributed by atoms with van der Waals surface area (Å²) in [6, 6.07) is 17.0. The van der Waals surface area contributed by atoms with Crippen LogP contribution in [0.5, 0.6) is 0 Å². The molecule has 2 heterocycles. The number of methoxy groups -OCH3 is 1. The van der Waals surface area contributed by atoms with Crippen LogP contribution >= 0.6 is 23.1 Å². The standard InChI is InChI=1S/C21H25N3OS2/c1-25-19(16-6-4-3-5-7-16)15-23-10-12-24(13-11-23)21-22-18-9-8-17(26-2)14-20(18)27-21/h3-9,14,19H,10-13,15H2,1-2H3. The average Bonchev–Trinajstić information content (AvgIpc) is 3.16. The van der Waals surface area contributed by atoms with Gasteiger partial charge in [0.15, 0.2) is 5.13 Å². The van der Waals surface area contributed by atoms with E-state index in [2.05, 4.69) is 64.6 Å². The molecule has 1 aliphatic heterocycles. The van der Waals surface area contributed by atoms with E-state index in [1.807, 2.05) is 11.3 Å². The molecule has 4 nitrogen and oxygen atoms in total. The number of hydrogen-bond donors (Lipinski definition) is 0. The van der Waals surface area contributed by atoms with Crippen LogP contribution in [0, 0.1) is 0 Å². The average molecular weight is 400 g/mol. The van der Waals surface area contributed by atoms with Gasteiger partial charge in [-0.25, -0.2) is 4.98 Å². The Hall–Kier alpha value is -1.60. The minimum atomic E-state index is 0.130. The first-order valence-corrected chi connectivity index (χ1v) is 11.3. The molecule has 0 aliphatic carbocycles. The van der Waals surface area contributed by atoms with Crippen molar-refractivity contribution < 1.29 is 4.74 Å². The molecule has 0 radical (unpaired) electrons. The Kier molecular flexibility index (Phi) is 5.98. The summed E-state index contributed by atoms with van der Waals surface area (Å²) >= 11 is 3.59. The maximum atomic E-state index is 5.74. The fourth-order valence-electron chi connectivity index (χ4n) is 3.49. The Labute approximate surface area is 169 Å². The minimum absolute atomic E-state index is 0.130. The Bertz CT molecular complexity index is 876. The van der Waals surface area contributed by atoms with Gasteiger partial charge in [0, 0.05) is 44.7 Å². The van der Waals surface area contributed by atoms with Crippen molar-refractivity contribution in [1.29, 1.82) is 0 Å². The van der Waals surface area contributed by atoms with E-state index in [1.54, 1.807) is 18.9 Å². The first kappa shape index (κ1) is 18.7. The van der Waals surface area contributed by atoms with Gasteiger partial charge in [-0.05, 0) is 30.0 Å². The number of ether oxygens (including phenoxy) is 1. The number of anilines is 1. The van der Waals surface area contributed by atoms with E-state index in [-0.39, 0.29) is 6.10 Å². The molecule has 4 rings (SSSR count). The van der Waals surface area contributed by atoms with Crippen LogP contribution < -0.4 is 4.90 Å². The van der Waals surface area contributed by atoms with Crippen LogP contribution in [0.3, 0.4) is 0 Å². The largest absolute Gasteiger partial charge is 0.375 e. The number of hydrogen-bond acceptors (Lipinski definition) is 6. The van der Waals surface area contributed by atoms with Crippen LogP contribution in [0.4, 0.5) is 5.13 Å². The van der Waals surface area contributed by atoms with Crippen LogP contribution in [0.2, 0.25) is 0 Å². The molecule has 1 atom stereocenters. The number of fused-ring (bicyclic) bond motifs is 1. The van der Waals surface area contributed by atoms with Gasteiger partial charge in [0.25, 0.3) is 0 Å². The van der Waals surface area contributed by atoms with Crippen molar-refractivity contribution in [2.75, 3.05) is 51.0 Å². The predicted octanol–water partition coefficient (Wildman–Crippen LogP) is 4.53. The van der Waals surface area contributed by atoms with E-state index in [0.717, 1.165) is 43.4 Å². The van der Waals surface area contributed by atoms with E-state index in [1.165, 1.54) is 15.2 Å². The molecule has 1 unspecified atom stereocenters. The lowest BCUT2D eigenvalue weighted by molar-refractivity contribution is 0.0615. The van der Waals surface area contributed by atoms with Crippen molar-refractivity contribution in [2.45, 2.75) is 11.0 Å². The highest BCUT2D eigenvalue weighted by atomic mass is 32.2. The second kappa shape index (κ2) is 8.61. The molecule has 1 aliphatic rings. The maximum absolute atomic E-state index is 5.74. The van der Waals surface area contributed by atoms with Crippen molar-refractivity contribution in [3.05, 3.63) is 54.1 Å². The third-order valence-electron chi connectivity index (χ3n) is 5.11. The number of aromatic nitrogens is 1. The van der Waals surface area contributed by atoms with Crippen LogP contribution in [-0.4, -0.2) is 56.0 Å². The first-order chi connectivity index (χ1) is 13.3. The summed E-state index contributed by atoms with van der Waals surface area (Å²) in [5.74, 6) is 0. The molecule has 1 fully saturated rings. The zero-order chi connectivity index (χ0) is 18.6. The lowest BCUT2D eigenvalue weighted by Gasteiger charge is -2.36. The molecule has 0 spiro atoms. The SMILES string of the molecule is COC(CN1CCN(c2nc3ccc(SC)cc3s2)CC1)c1ccccc1. The summed E-state index contributed by atoms with van der Waals surface area (Å²) in [7, 11) is 1.80. The molecule has 0 saturated carbocycles. The van der Waals surface area contributed by atoms with E-state index in [4.69, 9.17) is 9.72 Å². The lowest BCUT2D eigenvalue weighted by Crippen LogP contribution is -2.47. The van der Waals surface area contributed by atoms with Crippen molar-refractivity contribution >= 4 is 38.4 Å². The van der Waals surface area contributed by atoms with Gasteiger partial charge in [-0.3, -0.25) is 4.90 Å². The normalized spacial score (nSPS) is 16.7. The number of benzene rings is 2. The smallest absolute Gasteiger partial charge is 0.186 e. The Balaban J connectivity index is 1.38. The number of nitrogens with zero attached hydrogens (tertiary/aromatic N) is 3. The number of piperazine rings is 1. The second-order valence-corrected chi connectivity index (χ2v) is 8.64. The molecule has 3 aromatic rings. The van der Waals surface area contributed by atoms with Gasteiger partial charge in [0.1, 0.15) is 0 Å². The summed E-state index contributed by atoms with van der Waals surface area (Å²) in [4.78, 5) is 11.1. The Morgan fingerprint density at radius 1 is 1.11 bits per heavy atom. The fraction of sp³-hybridized carbons (Fsp3) is 0.381. The number of rotatable bonds is 6. The van der Waals surface area contributed by atoms with Crippen molar-refractivity contribution in [1.82, 2.24) is 9.88 Å². The molecule has 0 N–H and O–H groups in total. The molecular formula is C21H25N3OS2. The molecule has 0 amide bonds. The van der Waals surface area contributed by atoms with Gasteiger partial charge < -0.3 is 9.64 Å². The van der Waals surface area contributed by atoms with Gasteiger partial charge in [-0.2, -0.15) is 0 Å². The van der Waals surface area contributed by atoms with Gasteiger partial charge >= 0.3 is 0 Å². The monoisotopic (exact) mass is 399 g/mol. The Morgan fingerprint density at radius 2 is 1.89 bits per heavy atom.